The van der Waals surface area contributed by atoms with E-state index in [-0.39, 0.29) is 32.2 Å². The number of amides is 1. The Hall–Kier alpha value is -1.85. The molecule has 0 heterocycles. The molecule has 0 aliphatic carbocycles. The zero-order valence-corrected chi connectivity index (χ0v) is 11.7. The second-order valence-corrected chi connectivity index (χ2v) is 4.11. The fourth-order valence-corrected chi connectivity index (χ4v) is 1.69. The van der Waals surface area contributed by atoms with Crippen molar-refractivity contribution in [3.63, 3.8) is 0 Å². The molecule has 1 aromatic carbocycles. The minimum absolute atomic E-state index is 0.122. The molecule has 0 radical (unpaired) electrons. The first-order chi connectivity index (χ1) is 9.71. The van der Waals surface area contributed by atoms with Crippen LogP contribution in [0.3, 0.4) is 0 Å². The van der Waals surface area contributed by atoms with Crippen molar-refractivity contribution in [3.8, 4) is 5.75 Å². The number of carbonyl (C=O) groups is 1. The van der Waals surface area contributed by atoms with Gasteiger partial charge in [-0.05, 0) is 30.7 Å². The summed E-state index contributed by atoms with van der Waals surface area (Å²) in [5, 5.41) is 17.7. The predicted molar refractivity (Wildman–Crippen MR) is 77.4 cm³/mol. The number of nitrogens with zero attached hydrogens (tertiary/aromatic N) is 1. The maximum Gasteiger partial charge on any atom is 0.246 e. The average molecular weight is 279 g/mol. The molecule has 0 aliphatic rings. The van der Waals surface area contributed by atoms with E-state index in [1.165, 1.54) is 11.0 Å². The molecule has 1 aromatic rings. The van der Waals surface area contributed by atoms with Gasteiger partial charge in [-0.1, -0.05) is 12.1 Å². The van der Waals surface area contributed by atoms with E-state index >= 15 is 0 Å². The number of benzene rings is 1. The molecule has 0 fully saturated rings. The molecule has 0 spiro atoms. The average Bonchev–Trinajstić information content (AvgIpc) is 2.46. The van der Waals surface area contributed by atoms with E-state index in [4.69, 9.17) is 14.9 Å². The molecule has 1 amide bonds. The van der Waals surface area contributed by atoms with Crippen molar-refractivity contribution < 1.29 is 19.7 Å². The molecule has 0 aromatic heterocycles. The third-order valence-corrected chi connectivity index (χ3v) is 2.66. The highest BCUT2D eigenvalue weighted by molar-refractivity contribution is 5.91. The van der Waals surface area contributed by atoms with Crippen molar-refractivity contribution >= 4 is 12.0 Å². The Kier molecular flexibility index (Phi) is 7.39. The van der Waals surface area contributed by atoms with Crippen LogP contribution in [-0.4, -0.2) is 53.9 Å². The maximum atomic E-state index is 11.9. The van der Waals surface area contributed by atoms with Crippen LogP contribution in [0.4, 0.5) is 0 Å². The third-order valence-electron chi connectivity index (χ3n) is 2.66. The normalized spacial score (nSPS) is 10.8. The quantitative estimate of drug-likeness (QED) is 0.694. The summed E-state index contributed by atoms with van der Waals surface area (Å²) in [6.07, 6.45) is 3.13. The fraction of sp³-hybridized carbons (Fsp3) is 0.400. The zero-order valence-electron chi connectivity index (χ0n) is 11.7. The molecule has 0 atom stereocenters. The topological polar surface area (TPSA) is 70.0 Å². The Bertz CT molecular complexity index is 422. The van der Waals surface area contributed by atoms with Gasteiger partial charge < -0.3 is 19.8 Å². The minimum atomic E-state index is -0.234. The van der Waals surface area contributed by atoms with Crippen molar-refractivity contribution in [2.45, 2.75) is 6.92 Å². The first-order valence-corrected chi connectivity index (χ1v) is 6.62. The van der Waals surface area contributed by atoms with Crippen LogP contribution < -0.4 is 4.74 Å². The molecule has 110 valence electrons. The van der Waals surface area contributed by atoms with Gasteiger partial charge in [0.1, 0.15) is 5.75 Å². The summed E-state index contributed by atoms with van der Waals surface area (Å²) in [5.74, 6) is 0.556. The molecule has 1 rings (SSSR count). The van der Waals surface area contributed by atoms with Crippen molar-refractivity contribution in [1.29, 1.82) is 0 Å². The smallest absolute Gasteiger partial charge is 0.246 e. The lowest BCUT2D eigenvalue weighted by molar-refractivity contribution is -0.126. The Balaban J connectivity index is 2.63. The summed E-state index contributed by atoms with van der Waals surface area (Å²) in [7, 11) is 0. The summed E-state index contributed by atoms with van der Waals surface area (Å²) in [4.78, 5) is 13.3. The van der Waals surface area contributed by atoms with Gasteiger partial charge in [-0.15, -0.1) is 0 Å². The number of hydrogen-bond donors (Lipinski definition) is 2. The van der Waals surface area contributed by atoms with Crippen LogP contribution in [0.1, 0.15) is 12.5 Å². The lowest BCUT2D eigenvalue weighted by Crippen LogP contribution is -2.34. The number of ether oxygens (including phenoxy) is 1. The summed E-state index contributed by atoms with van der Waals surface area (Å²) in [5.41, 5.74) is 0.884. The second kappa shape index (κ2) is 9.12. The number of rotatable bonds is 8. The van der Waals surface area contributed by atoms with Gasteiger partial charge in [0.25, 0.3) is 0 Å². The molecule has 5 heteroatoms. The Morgan fingerprint density at radius 2 is 1.80 bits per heavy atom. The molecule has 0 saturated carbocycles. The summed E-state index contributed by atoms with van der Waals surface area (Å²) in [6, 6.07) is 7.40. The van der Waals surface area contributed by atoms with Crippen molar-refractivity contribution in [2.24, 2.45) is 0 Å². The van der Waals surface area contributed by atoms with Crippen LogP contribution in [0.2, 0.25) is 0 Å². The number of aliphatic hydroxyl groups excluding tert-OH is 2. The first kappa shape index (κ1) is 16.2. The highest BCUT2D eigenvalue weighted by Crippen LogP contribution is 2.13. The van der Waals surface area contributed by atoms with E-state index in [1.807, 2.05) is 31.2 Å². The van der Waals surface area contributed by atoms with Gasteiger partial charge in [-0.25, -0.2) is 0 Å². The Morgan fingerprint density at radius 1 is 1.20 bits per heavy atom. The van der Waals surface area contributed by atoms with Gasteiger partial charge in [0.15, 0.2) is 0 Å². The molecule has 20 heavy (non-hydrogen) atoms. The zero-order chi connectivity index (χ0) is 14.8. The molecule has 5 nitrogen and oxygen atoms in total. The van der Waals surface area contributed by atoms with E-state index in [0.717, 1.165) is 11.3 Å². The lowest BCUT2D eigenvalue weighted by Gasteiger charge is -2.18. The van der Waals surface area contributed by atoms with Crippen LogP contribution >= 0.6 is 0 Å². The summed E-state index contributed by atoms with van der Waals surface area (Å²) in [6.45, 7) is 2.72. The van der Waals surface area contributed by atoms with E-state index in [9.17, 15) is 4.79 Å². The summed E-state index contributed by atoms with van der Waals surface area (Å²) < 4.78 is 5.33. The first-order valence-electron chi connectivity index (χ1n) is 6.62. The van der Waals surface area contributed by atoms with Crippen LogP contribution in [0, 0.1) is 0 Å². The number of aliphatic hydroxyl groups is 2. The molecule has 0 saturated heterocycles. The van der Waals surface area contributed by atoms with Crippen molar-refractivity contribution in [3.05, 3.63) is 35.9 Å². The van der Waals surface area contributed by atoms with Gasteiger partial charge in [0.2, 0.25) is 5.91 Å². The van der Waals surface area contributed by atoms with Crippen molar-refractivity contribution in [1.82, 2.24) is 4.90 Å². The van der Waals surface area contributed by atoms with E-state index in [0.29, 0.717) is 6.61 Å². The molecular formula is C15H21NO4. The van der Waals surface area contributed by atoms with E-state index < -0.39 is 0 Å². The van der Waals surface area contributed by atoms with Crippen molar-refractivity contribution in [2.75, 3.05) is 32.9 Å². The maximum absolute atomic E-state index is 11.9. The van der Waals surface area contributed by atoms with Gasteiger partial charge >= 0.3 is 0 Å². The lowest BCUT2D eigenvalue weighted by atomic mass is 10.2. The highest BCUT2D eigenvalue weighted by atomic mass is 16.5. The molecule has 0 aliphatic heterocycles. The Labute approximate surface area is 119 Å². The largest absolute Gasteiger partial charge is 0.494 e. The fourth-order valence-electron chi connectivity index (χ4n) is 1.69. The van der Waals surface area contributed by atoms with Crippen LogP contribution in [-0.2, 0) is 4.79 Å². The standard InChI is InChI=1S/C15H21NO4/c1-2-20-14-6-3-13(4-7-14)5-8-15(19)16(9-11-17)10-12-18/h3-8,17-18H,2,9-12H2,1H3. The molecule has 0 bridgehead atoms. The molecule has 0 unspecified atom stereocenters. The second-order valence-electron chi connectivity index (χ2n) is 4.11. The molecule has 2 N–H and O–H groups in total. The summed E-state index contributed by atoms with van der Waals surface area (Å²) >= 11 is 0. The number of hydrogen-bond acceptors (Lipinski definition) is 4. The van der Waals surface area contributed by atoms with Crippen LogP contribution in [0.5, 0.6) is 5.75 Å². The highest BCUT2D eigenvalue weighted by Gasteiger charge is 2.08. The van der Waals surface area contributed by atoms with Crippen LogP contribution in [0.25, 0.3) is 6.08 Å². The van der Waals surface area contributed by atoms with Gasteiger partial charge in [-0.2, -0.15) is 0 Å². The molecular weight excluding hydrogens is 258 g/mol. The van der Waals surface area contributed by atoms with Gasteiger partial charge in [-0.3, -0.25) is 4.79 Å². The Morgan fingerprint density at radius 3 is 2.30 bits per heavy atom. The van der Waals surface area contributed by atoms with E-state index in [2.05, 4.69) is 0 Å². The predicted octanol–water partition coefficient (Wildman–Crippen LogP) is 0.912. The van der Waals surface area contributed by atoms with Gasteiger partial charge in [0, 0.05) is 19.2 Å². The van der Waals surface area contributed by atoms with Crippen LogP contribution in [0.15, 0.2) is 30.3 Å². The SMILES string of the molecule is CCOc1ccc(C=CC(=O)N(CCO)CCO)cc1. The monoisotopic (exact) mass is 279 g/mol. The minimum Gasteiger partial charge on any atom is -0.494 e. The third kappa shape index (κ3) is 5.42. The number of carbonyl (C=O) groups excluding carboxylic acids is 1. The van der Waals surface area contributed by atoms with Gasteiger partial charge in [0.05, 0.1) is 19.8 Å². The van der Waals surface area contributed by atoms with E-state index in [1.54, 1.807) is 6.08 Å².